The van der Waals surface area contributed by atoms with Crippen LogP contribution in [0.3, 0.4) is 0 Å². The van der Waals surface area contributed by atoms with Crippen molar-refractivity contribution >= 4 is 11.8 Å². The number of rotatable bonds is 3. The highest BCUT2D eigenvalue weighted by Crippen LogP contribution is 2.22. The van der Waals surface area contributed by atoms with E-state index in [-0.39, 0.29) is 23.8 Å². The monoisotopic (exact) mass is 337 g/mol. The molecule has 0 N–H and O–H groups in total. The van der Waals surface area contributed by atoms with E-state index >= 15 is 0 Å². The molecule has 2 amide bonds. The molecule has 6 heteroatoms. The number of piperidine rings is 2. The fourth-order valence-electron chi connectivity index (χ4n) is 4.14. The largest absolute Gasteiger partial charge is 0.378 e. The second kappa shape index (κ2) is 8.30. The fraction of sp³-hybridized carbons (Fsp3) is 0.889. The van der Waals surface area contributed by atoms with Crippen molar-refractivity contribution in [2.45, 2.75) is 45.1 Å². The maximum Gasteiger partial charge on any atom is 0.239 e. The molecule has 2 atom stereocenters. The number of morpholine rings is 1. The van der Waals surface area contributed by atoms with E-state index in [1.165, 1.54) is 6.42 Å². The summed E-state index contributed by atoms with van der Waals surface area (Å²) < 4.78 is 5.34. The van der Waals surface area contributed by atoms with Gasteiger partial charge in [0.25, 0.3) is 0 Å². The minimum atomic E-state index is -0.108. The Morgan fingerprint density at radius 1 is 0.917 bits per heavy atom. The average molecular weight is 337 g/mol. The van der Waals surface area contributed by atoms with Gasteiger partial charge in [0, 0.05) is 32.7 Å². The van der Waals surface area contributed by atoms with E-state index in [0.29, 0.717) is 26.3 Å². The highest BCUT2D eigenvalue weighted by atomic mass is 16.5. The van der Waals surface area contributed by atoms with Crippen LogP contribution in [0.5, 0.6) is 0 Å². The molecule has 0 saturated carbocycles. The first-order chi connectivity index (χ1) is 11.7. The van der Waals surface area contributed by atoms with Crippen molar-refractivity contribution in [3.63, 3.8) is 0 Å². The number of amides is 2. The molecule has 3 saturated heterocycles. The van der Waals surface area contributed by atoms with Crippen molar-refractivity contribution in [2.75, 3.05) is 52.5 Å². The molecule has 6 nitrogen and oxygen atoms in total. The number of nitrogens with zero attached hydrogens (tertiary/aromatic N) is 3. The van der Waals surface area contributed by atoms with Crippen molar-refractivity contribution in [1.29, 1.82) is 0 Å². The lowest BCUT2D eigenvalue weighted by molar-refractivity contribution is -0.145. The van der Waals surface area contributed by atoms with Crippen molar-refractivity contribution < 1.29 is 14.3 Å². The molecule has 0 spiro atoms. The normalized spacial score (nSPS) is 27.8. The van der Waals surface area contributed by atoms with Gasteiger partial charge in [0.2, 0.25) is 11.8 Å². The quantitative estimate of drug-likeness (QED) is 0.770. The summed E-state index contributed by atoms with van der Waals surface area (Å²) in [5.74, 6) is 0.531. The Kier molecular flexibility index (Phi) is 6.11. The molecule has 3 aliphatic rings. The number of carbonyl (C=O) groups is 2. The number of carbonyl (C=O) groups excluding carboxylic acids is 2. The summed E-state index contributed by atoms with van der Waals surface area (Å²) >= 11 is 0. The lowest BCUT2D eigenvalue weighted by Gasteiger charge is -2.40. The predicted molar refractivity (Wildman–Crippen MR) is 91.6 cm³/mol. The Morgan fingerprint density at radius 2 is 1.62 bits per heavy atom. The van der Waals surface area contributed by atoms with E-state index in [1.807, 2.05) is 16.7 Å². The summed E-state index contributed by atoms with van der Waals surface area (Å²) in [7, 11) is 0. The fourth-order valence-corrected chi connectivity index (χ4v) is 4.14. The van der Waals surface area contributed by atoms with Gasteiger partial charge in [-0.2, -0.15) is 0 Å². The molecule has 0 aromatic rings. The molecule has 0 bridgehead atoms. The Hall–Kier alpha value is -1.14. The van der Waals surface area contributed by atoms with Crippen molar-refractivity contribution in [2.24, 2.45) is 5.92 Å². The van der Waals surface area contributed by atoms with Crippen LogP contribution < -0.4 is 0 Å². The van der Waals surface area contributed by atoms with Crippen LogP contribution in [-0.2, 0) is 14.3 Å². The van der Waals surface area contributed by atoms with Gasteiger partial charge < -0.3 is 14.5 Å². The lowest BCUT2D eigenvalue weighted by atomic mass is 9.95. The van der Waals surface area contributed by atoms with Gasteiger partial charge in [-0.25, -0.2) is 0 Å². The molecule has 3 rings (SSSR count). The highest BCUT2D eigenvalue weighted by Gasteiger charge is 2.34. The van der Waals surface area contributed by atoms with Gasteiger partial charge in [0.05, 0.1) is 25.2 Å². The van der Waals surface area contributed by atoms with Gasteiger partial charge in [-0.1, -0.05) is 0 Å². The van der Waals surface area contributed by atoms with E-state index in [0.717, 1.165) is 51.9 Å². The molecular weight excluding hydrogens is 306 g/mol. The Balaban J connectivity index is 1.55. The second-order valence-corrected chi connectivity index (χ2v) is 7.33. The van der Waals surface area contributed by atoms with Gasteiger partial charge in [0.1, 0.15) is 0 Å². The number of ether oxygens (including phenoxy) is 1. The molecule has 0 aromatic heterocycles. The summed E-state index contributed by atoms with van der Waals surface area (Å²) in [4.78, 5) is 31.7. The summed E-state index contributed by atoms with van der Waals surface area (Å²) in [6.45, 7) is 8.15. The van der Waals surface area contributed by atoms with Gasteiger partial charge in [-0.15, -0.1) is 0 Å². The van der Waals surface area contributed by atoms with Crippen molar-refractivity contribution in [1.82, 2.24) is 14.7 Å². The Bertz CT molecular complexity index is 417. The third-order valence-corrected chi connectivity index (χ3v) is 5.70. The third-order valence-electron chi connectivity index (χ3n) is 5.70. The first-order valence-corrected chi connectivity index (χ1v) is 9.56. The van der Waals surface area contributed by atoms with Crippen LogP contribution >= 0.6 is 0 Å². The second-order valence-electron chi connectivity index (χ2n) is 7.33. The predicted octanol–water partition coefficient (Wildman–Crippen LogP) is 0.958. The van der Waals surface area contributed by atoms with Crippen LogP contribution in [-0.4, -0.2) is 85.0 Å². The Morgan fingerprint density at radius 3 is 2.33 bits per heavy atom. The maximum atomic E-state index is 12.7. The molecule has 3 heterocycles. The van der Waals surface area contributed by atoms with Crippen LogP contribution in [0.15, 0.2) is 0 Å². The van der Waals surface area contributed by atoms with Crippen LogP contribution in [0.2, 0.25) is 0 Å². The van der Waals surface area contributed by atoms with Gasteiger partial charge in [0.15, 0.2) is 0 Å². The van der Waals surface area contributed by atoms with Gasteiger partial charge >= 0.3 is 0 Å². The van der Waals surface area contributed by atoms with Crippen molar-refractivity contribution in [3.8, 4) is 0 Å². The zero-order chi connectivity index (χ0) is 16.9. The molecule has 3 fully saturated rings. The molecule has 0 aromatic carbocycles. The molecule has 24 heavy (non-hydrogen) atoms. The Labute approximate surface area is 145 Å². The minimum absolute atomic E-state index is 0.0356. The average Bonchev–Trinajstić information content (AvgIpc) is 2.67. The third kappa shape index (κ3) is 4.09. The van der Waals surface area contributed by atoms with Gasteiger partial charge in [-0.3, -0.25) is 14.5 Å². The molecule has 0 aliphatic carbocycles. The standard InChI is InChI=1S/C18H31N3O3/c1-15(17(22)19-7-3-2-4-8-19)21-9-5-6-16(14-21)18(23)20-10-12-24-13-11-20/h15-16H,2-14H2,1H3. The topological polar surface area (TPSA) is 53.1 Å². The number of hydrogen-bond donors (Lipinski definition) is 0. The summed E-state index contributed by atoms with van der Waals surface area (Å²) in [5.41, 5.74) is 0. The molecule has 2 unspecified atom stereocenters. The lowest BCUT2D eigenvalue weighted by Crippen LogP contribution is -2.54. The highest BCUT2D eigenvalue weighted by molar-refractivity contribution is 5.82. The first-order valence-electron chi connectivity index (χ1n) is 9.56. The van der Waals surface area contributed by atoms with Crippen LogP contribution in [0, 0.1) is 5.92 Å². The van der Waals surface area contributed by atoms with E-state index < -0.39 is 0 Å². The van der Waals surface area contributed by atoms with E-state index in [2.05, 4.69) is 4.90 Å². The van der Waals surface area contributed by atoms with E-state index in [9.17, 15) is 9.59 Å². The van der Waals surface area contributed by atoms with Crippen molar-refractivity contribution in [3.05, 3.63) is 0 Å². The number of likely N-dealkylation sites (tertiary alicyclic amines) is 2. The van der Waals surface area contributed by atoms with Crippen LogP contribution in [0.4, 0.5) is 0 Å². The summed E-state index contributed by atoms with van der Waals surface area (Å²) in [6.07, 6.45) is 5.42. The van der Waals surface area contributed by atoms with Gasteiger partial charge in [-0.05, 0) is 45.6 Å². The van der Waals surface area contributed by atoms with Crippen LogP contribution in [0.25, 0.3) is 0 Å². The molecule has 0 radical (unpaired) electrons. The maximum absolute atomic E-state index is 12.7. The molecular formula is C18H31N3O3. The summed E-state index contributed by atoms with van der Waals surface area (Å²) in [5, 5.41) is 0. The first kappa shape index (κ1) is 17.7. The smallest absolute Gasteiger partial charge is 0.239 e. The SMILES string of the molecule is CC(C(=O)N1CCCCC1)N1CCCC(C(=O)N2CCOCC2)C1. The minimum Gasteiger partial charge on any atom is -0.378 e. The zero-order valence-corrected chi connectivity index (χ0v) is 14.9. The summed E-state index contributed by atoms with van der Waals surface area (Å²) in [6, 6.07) is -0.108. The molecule has 3 aliphatic heterocycles. The van der Waals surface area contributed by atoms with E-state index in [4.69, 9.17) is 4.74 Å². The zero-order valence-electron chi connectivity index (χ0n) is 14.9. The van der Waals surface area contributed by atoms with Crippen LogP contribution in [0.1, 0.15) is 39.0 Å². The molecule has 136 valence electrons. The number of hydrogen-bond acceptors (Lipinski definition) is 4. The van der Waals surface area contributed by atoms with E-state index in [1.54, 1.807) is 0 Å².